The molecule has 0 amide bonds. The molecule has 0 spiro atoms. The number of nitriles is 3. The molecule has 3 aromatic heterocycles. The van der Waals surface area contributed by atoms with Gasteiger partial charge in [-0.25, -0.2) is 0 Å². The molecule has 0 aliphatic rings. The molecule has 1 atom stereocenters. The van der Waals surface area contributed by atoms with Gasteiger partial charge in [0.25, 0.3) is 0 Å². The fourth-order valence-corrected chi connectivity index (χ4v) is 7.85. The minimum atomic E-state index is -1.84. The average Bonchev–Trinajstić information content (AvgIpc) is 3.57. The summed E-state index contributed by atoms with van der Waals surface area (Å²) in [6, 6.07) is 26.5. The molecule has 83 heavy (non-hydrogen) atoms. The van der Waals surface area contributed by atoms with Crippen LogP contribution in [0.1, 0.15) is 73.9 Å². The van der Waals surface area contributed by atoms with Gasteiger partial charge in [0.05, 0.1) is 25.8 Å². The second kappa shape index (κ2) is 31.6. The van der Waals surface area contributed by atoms with Crippen LogP contribution in [0, 0.1) is 34.0 Å². The number of aliphatic hydroxyl groups excluding tert-OH is 3. The summed E-state index contributed by atoms with van der Waals surface area (Å²) >= 11 is 0. The Bertz CT molecular complexity index is 3360. The highest BCUT2D eigenvalue weighted by Crippen LogP contribution is 2.29. The van der Waals surface area contributed by atoms with Gasteiger partial charge >= 0.3 is 39.1 Å². The number of hydrogen-bond acceptors (Lipinski definition) is 25. The number of pyridine rings is 3. The Kier molecular flexibility index (Phi) is 24.0. The lowest BCUT2D eigenvalue weighted by Gasteiger charge is -2.29. The normalized spacial score (nSPS) is 10.9. The largest absolute Gasteiger partial charge is 0.491 e. The van der Waals surface area contributed by atoms with Crippen LogP contribution in [0.4, 0.5) is 0 Å². The van der Waals surface area contributed by atoms with Gasteiger partial charge in [-0.3, -0.25) is 14.4 Å². The molecule has 6 rings (SSSR count). The van der Waals surface area contributed by atoms with Crippen molar-refractivity contribution in [3.63, 3.8) is 0 Å². The number of esters is 3. The second-order valence-corrected chi connectivity index (χ2v) is 17.5. The maximum absolute atomic E-state index is 12.1. The molecule has 0 saturated heterocycles. The van der Waals surface area contributed by atoms with Gasteiger partial charge in [0, 0.05) is 39.0 Å². The van der Waals surface area contributed by atoms with E-state index in [-0.39, 0.29) is 148 Å². The number of aliphatic hydroxyl groups is 3. The fourth-order valence-electron chi connectivity index (χ4n) is 7.85. The highest BCUT2D eigenvalue weighted by atomic mass is 16.6. The van der Waals surface area contributed by atoms with Crippen LogP contribution in [0.5, 0.6) is 52.5 Å². The van der Waals surface area contributed by atoms with Crippen molar-refractivity contribution in [1.29, 1.82) is 15.8 Å². The third kappa shape index (κ3) is 18.4. The van der Waals surface area contributed by atoms with Gasteiger partial charge < -0.3 is 77.2 Å². The summed E-state index contributed by atoms with van der Waals surface area (Å²) in [5.74, 6) is -1.38. The van der Waals surface area contributed by atoms with Crippen molar-refractivity contribution >= 4 is 55.4 Å². The summed E-state index contributed by atoms with van der Waals surface area (Å²) in [5.41, 5.74) is 1.17. The van der Waals surface area contributed by atoms with E-state index < -0.39 is 64.9 Å². The molecular weight excluding hydrogens is 1080 g/mol. The first kappa shape index (κ1) is 62.9. The SMILES string of the molecule is CCCC(OB(O)c1ccc(Oc2ccc(C#N)c(OCCOC(C)=O)n2)cc1CO)B(OB(O)c1ccc(Oc2ccc(C#N)c(OCCOC(C)=O)n2)cc1CO)c1ccc(Oc2ccc(C#N)c(OCCOC(C)=O)n2)cc1CO. The summed E-state index contributed by atoms with van der Waals surface area (Å²) in [6.45, 7) is 1.75. The van der Waals surface area contributed by atoms with E-state index >= 15 is 0 Å². The van der Waals surface area contributed by atoms with Crippen molar-refractivity contribution in [2.75, 3.05) is 39.6 Å². The topological polar surface area (TPSA) is 364 Å². The highest BCUT2D eigenvalue weighted by Gasteiger charge is 2.39. The number of aromatic nitrogens is 3. The zero-order valence-corrected chi connectivity index (χ0v) is 45.4. The van der Waals surface area contributed by atoms with Crippen molar-refractivity contribution in [2.45, 2.75) is 66.4 Å². The number of ether oxygens (including phenoxy) is 9. The van der Waals surface area contributed by atoms with Gasteiger partial charge in [-0.05, 0) is 94.1 Å². The van der Waals surface area contributed by atoms with Crippen LogP contribution in [0.25, 0.3) is 0 Å². The number of rotatable bonds is 31. The maximum atomic E-state index is 12.1. The van der Waals surface area contributed by atoms with E-state index in [4.69, 9.17) is 51.9 Å². The first-order valence-corrected chi connectivity index (χ1v) is 25.5. The van der Waals surface area contributed by atoms with Gasteiger partial charge in [0.2, 0.25) is 35.3 Å². The summed E-state index contributed by atoms with van der Waals surface area (Å²) in [4.78, 5) is 46.5. The lowest BCUT2D eigenvalue weighted by molar-refractivity contribution is -0.142. The summed E-state index contributed by atoms with van der Waals surface area (Å²) < 4.78 is 62.3. The predicted molar refractivity (Wildman–Crippen MR) is 292 cm³/mol. The predicted octanol–water partition coefficient (Wildman–Crippen LogP) is 2.88. The van der Waals surface area contributed by atoms with E-state index in [1.807, 2.05) is 25.1 Å². The van der Waals surface area contributed by atoms with Crippen molar-refractivity contribution in [1.82, 2.24) is 15.0 Å². The average molecular weight is 1140 g/mol. The maximum Gasteiger partial charge on any atom is 0.491 e. The standard InChI is InChI=1S/C55H55B3N6O19/c1-5-6-49(82-57(71)47-14-11-44(26-41(47)32-66)80-51-17-8-38(29-60)54(63-51)77-23-20-74-35(3)69)56(46-13-10-43(25-40(46)31-65)79-50-16-7-37(28-59)53(62-50)76-22-19-73-34(2)68)83-58(72)48-15-12-45(27-42(48)33-67)81-52-18-9-39(30-61)55(64-52)78-24-21-75-36(4)70/h7-18,25-27,49,65-67,71-72H,5-6,19-24,31-33H2,1-4H3. The zero-order chi connectivity index (χ0) is 59.8. The molecule has 6 aromatic rings. The van der Waals surface area contributed by atoms with E-state index in [0.717, 1.165) is 0 Å². The number of carbonyl (C=O) groups excluding carboxylic acids is 3. The van der Waals surface area contributed by atoms with Crippen molar-refractivity contribution < 1.29 is 91.6 Å². The Morgan fingerprint density at radius 2 is 0.855 bits per heavy atom. The quantitative estimate of drug-likeness (QED) is 0.0181. The molecule has 28 heteroatoms. The Labute approximate surface area is 477 Å². The van der Waals surface area contributed by atoms with E-state index in [1.165, 1.54) is 106 Å². The molecule has 0 radical (unpaired) electrons. The van der Waals surface area contributed by atoms with E-state index in [0.29, 0.717) is 6.42 Å². The van der Waals surface area contributed by atoms with Crippen molar-refractivity contribution in [2.24, 2.45) is 0 Å². The molecule has 5 N–H and O–H groups in total. The minimum Gasteiger partial charge on any atom is -0.473 e. The van der Waals surface area contributed by atoms with Gasteiger partial charge in [-0.1, -0.05) is 31.5 Å². The smallest absolute Gasteiger partial charge is 0.473 e. The van der Waals surface area contributed by atoms with Crippen LogP contribution in [0.2, 0.25) is 0 Å². The number of hydrogen-bond donors (Lipinski definition) is 5. The number of nitrogens with zero attached hydrogens (tertiary/aromatic N) is 6. The third-order valence-corrected chi connectivity index (χ3v) is 11.6. The molecule has 0 fully saturated rings. The third-order valence-electron chi connectivity index (χ3n) is 11.6. The van der Waals surface area contributed by atoms with Crippen LogP contribution >= 0.6 is 0 Å². The monoisotopic (exact) mass is 1140 g/mol. The van der Waals surface area contributed by atoms with Gasteiger partial charge in [0.1, 0.15) is 91.8 Å². The van der Waals surface area contributed by atoms with Crippen molar-refractivity contribution in [3.8, 4) is 70.7 Å². The zero-order valence-electron chi connectivity index (χ0n) is 45.4. The molecule has 25 nitrogen and oxygen atoms in total. The van der Waals surface area contributed by atoms with Crippen LogP contribution in [0.3, 0.4) is 0 Å². The van der Waals surface area contributed by atoms with Crippen LogP contribution in [-0.2, 0) is 57.6 Å². The lowest BCUT2D eigenvalue weighted by Crippen LogP contribution is -2.56. The highest BCUT2D eigenvalue weighted by molar-refractivity contribution is 6.79. The summed E-state index contributed by atoms with van der Waals surface area (Å²) in [6.07, 6.45) is 0.576. The molecule has 0 bridgehead atoms. The molecule has 0 aliphatic heterocycles. The van der Waals surface area contributed by atoms with Gasteiger partial charge in [-0.2, -0.15) is 30.7 Å². The van der Waals surface area contributed by atoms with Crippen LogP contribution in [0.15, 0.2) is 91.0 Å². The Morgan fingerprint density at radius 3 is 1.19 bits per heavy atom. The Balaban J connectivity index is 1.31. The molecule has 1 unspecified atom stereocenters. The molecule has 3 heterocycles. The molecule has 3 aromatic carbocycles. The summed E-state index contributed by atoms with van der Waals surface area (Å²) in [5, 5.41) is 85.1. The second-order valence-electron chi connectivity index (χ2n) is 17.5. The van der Waals surface area contributed by atoms with Gasteiger partial charge in [-0.15, -0.1) is 0 Å². The molecular formula is C55H55B3N6O19. The summed E-state index contributed by atoms with van der Waals surface area (Å²) in [7, 11) is -3.62. The Hall–Kier alpha value is -9.30. The van der Waals surface area contributed by atoms with E-state index in [1.54, 1.807) is 6.07 Å². The molecule has 0 aliphatic carbocycles. The number of benzene rings is 3. The lowest BCUT2D eigenvalue weighted by atomic mass is 9.50. The number of carbonyl (C=O) groups is 3. The van der Waals surface area contributed by atoms with E-state index in [9.17, 15) is 55.5 Å². The fraction of sp³-hybridized carbons (Fsp3) is 0.291. The van der Waals surface area contributed by atoms with Crippen LogP contribution in [-0.4, -0.2) is 125 Å². The minimum absolute atomic E-state index is 0.00184. The van der Waals surface area contributed by atoms with Crippen molar-refractivity contribution in [3.05, 3.63) is 124 Å². The van der Waals surface area contributed by atoms with Crippen LogP contribution < -0.4 is 44.8 Å². The first-order chi connectivity index (χ1) is 40.1. The van der Waals surface area contributed by atoms with E-state index in [2.05, 4.69) is 15.0 Å². The first-order valence-electron chi connectivity index (χ1n) is 25.5. The van der Waals surface area contributed by atoms with Gasteiger partial charge in [0.15, 0.2) is 0 Å². The Morgan fingerprint density at radius 1 is 0.506 bits per heavy atom. The molecule has 428 valence electrons. The molecule has 0 saturated carbocycles.